The van der Waals surface area contributed by atoms with Crippen molar-refractivity contribution >= 4 is 0 Å². The van der Waals surface area contributed by atoms with Gasteiger partial charge in [0.05, 0.1) is 18.2 Å². The molecule has 1 heterocycles. The molecule has 0 unspecified atom stereocenters. The first kappa shape index (κ1) is 12.3. The van der Waals surface area contributed by atoms with Gasteiger partial charge in [0.25, 0.3) is 0 Å². The lowest BCUT2D eigenvalue weighted by atomic mass is 10.1. The highest BCUT2D eigenvalue weighted by atomic mass is 19.1. The van der Waals surface area contributed by atoms with Gasteiger partial charge in [-0.25, -0.2) is 4.39 Å². The van der Waals surface area contributed by atoms with Gasteiger partial charge in [-0.2, -0.15) is 10.4 Å². The SMILES string of the molecule is N#Cc1ccc(F)c(CNCCn2cccn2)c1. The number of hydrogen-bond acceptors (Lipinski definition) is 3. The molecule has 0 saturated carbocycles. The van der Waals surface area contributed by atoms with Crippen LogP contribution in [0.1, 0.15) is 11.1 Å². The molecule has 0 fully saturated rings. The zero-order chi connectivity index (χ0) is 12.8. The summed E-state index contributed by atoms with van der Waals surface area (Å²) >= 11 is 0. The molecule has 2 aromatic rings. The Kier molecular flexibility index (Phi) is 4.05. The van der Waals surface area contributed by atoms with Crippen molar-refractivity contribution in [2.45, 2.75) is 13.1 Å². The number of hydrogen-bond donors (Lipinski definition) is 1. The molecule has 1 N–H and O–H groups in total. The predicted molar refractivity (Wildman–Crippen MR) is 65.0 cm³/mol. The summed E-state index contributed by atoms with van der Waals surface area (Å²) in [5.74, 6) is -0.291. The third kappa shape index (κ3) is 3.15. The second kappa shape index (κ2) is 5.94. The van der Waals surface area contributed by atoms with E-state index in [1.165, 1.54) is 12.1 Å². The molecule has 0 aliphatic heterocycles. The molecule has 1 aromatic heterocycles. The van der Waals surface area contributed by atoms with Crippen molar-refractivity contribution in [3.05, 3.63) is 53.6 Å². The van der Waals surface area contributed by atoms with Gasteiger partial charge in [0.1, 0.15) is 5.82 Å². The standard InChI is InChI=1S/C13H13FN4/c14-13-3-2-11(9-15)8-12(13)10-16-5-7-18-6-1-4-17-18/h1-4,6,8,16H,5,7,10H2. The fourth-order valence-corrected chi connectivity index (χ4v) is 1.63. The fraction of sp³-hybridized carbons (Fsp3) is 0.231. The van der Waals surface area contributed by atoms with Crippen molar-refractivity contribution in [2.75, 3.05) is 6.54 Å². The van der Waals surface area contributed by atoms with Gasteiger partial charge in [0.2, 0.25) is 0 Å². The molecule has 0 aliphatic rings. The number of rotatable bonds is 5. The normalized spacial score (nSPS) is 10.2. The summed E-state index contributed by atoms with van der Waals surface area (Å²) in [7, 11) is 0. The summed E-state index contributed by atoms with van der Waals surface area (Å²) in [5.41, 5.74) is 0.981. The molecule has 0 radical (unpaired) electrons. The molecular formula is C13H13FN4. The van der Waals surface area contributed by atoms with Crippen LogP contribution < -0.4 is 5.32 Å². The van der Waals surface area contributed by atoms with Crippen LogP contribution in [0.25, 0.3) is 0 Å². The van der Waals surface area contributed by atoms with Gasteiger partial charge in [-0.3, -0.25) is 4.68 Å². The number of benzene rings is 1. The van der Waals surface area contributed by atoms with E-state index >= 15 is 0 Å². The van der Waals surface area contributed by atoms with Gasteiger partial charge in [-0.1, -0.05) is 0 Å². The van der Waals surface area contributed by atoms with Crippen molar-refractivity contribution < 1.29 is 4.39 Å². The smallest absolute Gasteiger partial charge is 0.127 e. The molecule has 92 valence electrons. The Morgan fingerprint density at radius 1 is 1.44 bits per heavy atom. The quantitative estimate of drug-likeness (QED) is 0.814. The molecule has 4 nitrogen and oxygen atoms in total. The molecule has 0 spiro atoms. The Morgan fingerprint density at radius 3 is 3.06 bits per heavy atom. The van der Waals surface area contributed by atoms with E-state index in [9.17, 15) is 4.39 Å². The van der Waals surface area contributed by atoms with E-state index in [0.29, 0.717) is 24.2 Å². The summed E-state index contributed by atoms with van der Waals surface area (Å²) < 4.78 is 15.2. The minimum absolute atomic E-state index is 0.291. The van der Waals surface area contributed by atoms with Gasteiger partial charge in [-0.05, 0) is 24.3 Å². The lowest BCUT2D eigenvalue weighted by molar-refractivity contribution is 0.540. The Bertz CT molecular complexity index is 543. The summed E-state index contributed by atoms with van der Waals surface area (Å²) in [6.45, 7) is 1.83. The van der Waals surface area contributed by atoms with Crippen LogP contribution in [0.5, 0.6) is 0 Å². The molecule has 5 heteroatoms. The number of halogens is 1. The van der Waals surface area contributed by atoms with Gasteiger partial charge in [0, 0.05) is 31.0 Å². The van der Waals surface area contributed by atoms with Crippen LogP contribution in [0.4, 0.5) is 4.39 Å². The van der Waals surface area contributed by atoms with Crippen LogP contribution in [0.15, 0.2) is 36.7 Å². The number of nitriles is 1. The monoisotopic (exact) mass is 244 g/mol. The summed E-state index contributed by atoms with van der Waals surface area (Å²) in [6.07, 6.45) is 3.59. The fourth-order valence-electron chi connectivity index (χ4n) is 1.63. The van der Waals surface area contributed by atoms with Crippen LogP contribution in [-0.2, 0) is 13.1 Å². The molecule has 0 aliphatic carbocycles. The average molecular weight is 244 g/mol. The first-order chi connectivity index (χ1) is 8.79. The van der Waals surface area contributed by atoms with Crippen molar-refractivity contribution in [1.82, 2.24) is 15.1 Å². The van der Waals surface area contributed by atoms with E-state index in [-0.39, 0.29) is 5.82 Å². The van der Waals surface area contributed by atoms with E-state index < -0.39 is 0 Å². The number of aromatic nitrogens is 2. The van der Waals surface area contributed by atoms with Crippen LogP contribution in [0.3, 0.4) is 0 Å². The second-order valence-electron chi connectivity index (χ2n) is 3.86. The van der Waals surface area contributed by atoms with Crippen molar-refractivity contribution in [2.24, 2.45) is 0 Å². The van der Waals surface area contributed by atoms with Crippen LogP contribution in [0.2, 0.25) is 0 Å². The van der Waals surface area contributed by atoms with E-state index in [0.717, 1.165) is 6.54 Å². The van der Waals surface area contributed by atoms with E-state index in [2.05, 4.69) is 10.4 Å². The average Bonchev–Trinajstić information content (AvgIpc) is 2.89. The molecule has 1 aromatic carbocycles. The minimum Gasteiger partial charge on any atom is -0.311 e. The molecule has 0 amide bonds. The Morgan fingerprint density at radius 2 is 2.33 bits per heavy atom. The Labute approximate surface area is 105 Å². The molecule has 0 atom stereocenters. The summed E-state index contributed by atoms with van der Waals surface area (Å²) in [4.78, 5) is 0. The van der Waals surface area contributed by atoms with Crippen LogP contribution in [0, 0.1) is 17.1 Å². The summed E-state index contributed by atoms with van der Waals surface area (Å²) in [5, 5.41) is 15.9. The van der Waals surface area contributed by atoms with Crippen molar-refractivity contribution in [3.8, 4) is 6.07 Å². The molecule has 2 rings (SSSR count). The zero-order valence-electron chi connectivity index (χ0n) is 9.81. The molecule has 18 heavy (non-hydrogen) atoms. The van der Waals surface area contributed by atoms with Gasteiger partial charge >= 0.3 is 0 Å². The third-order valence-electron chi connectivity index (χ3n) is 2.57. The lowest BCUT2D eigenvalue weighted by Crippen LogP contribution is -2.20. The maximum atomic E-state index is 13.4. The largest absolute Gasteiger partial charge is 0.311 e. The number of nitrogens with zero attached hydrogens (tertiary/aromatic N) is 3. The minimum atomic E-state index is -0.291. The number of nitrogens with one attached hydrogen (secondary N) is 1. The third-order valence-corrected chi connectivity index (χ3v) is 2.57. The highest BCUT2D eigenvalue weighted by Crippen LogP contribution is 2.09. The van der Waals surface area contributed by atoms with E-state index in [1.807, 2.05) is 18.3 Å². The second-order valence-corrected chi connectivity index (χ2v) is 3.86. The van der Waals surface area contributed by atoms with E-state index in [4.69, 9.17) is 5.26 Å². The van der Waals surface area contributed by atoms with Crippen molar-refractivity contribution in [3.63, 3.8) is 0 Å². The van der Waals surface area contributed by atoms with Gasteiger partial charge in [-0.15, -0.1) is 0 Å². The molecule has 0 bridgehead atoms. The highest BCUT2D eigenvalue weighted by molar-refractivity contribution is 5.33. The Hall–Kier alpha value is -2.19. The predicted octanol–water partition coefficient (Wildman–Crippen LogP) is 1.68. The van der Waals surface area contributed by atoms with Crippen molar-refractivity contribution in [1.29, 1.82) is 5.26 Å². The van der Waals surface area contributed by atoms with Crippen LogP contribution in [-0.4, -0.2) is 16.3 Å². The maximum Gasteiger partial charge on any atom is 0.127 e. The molecule has 0 saturated heterocycles. The topological polar surface area (TPSA) is 53.6 Å². The first-order valence-corrected chi connectivity index (χ1v) is 5.66. The zero-order valence-corrected chi connectivity index (χ0v) is 9.81. The highest BCUT2D eigenvalue weighted by Gasteiger charge is 2.03. The van der Waals surface area contributed by atoms with Gasteiger partial charge < -0.3 is 5.32 Å². The van der Waals surface area contributed by atoms with Gasteiger partial charge in [0.15, 0.2) is 0 Å². The first-order valence-electron chi connectivity index (χ1n) is 5.66. The maximum absolute atomic E-state index is 13.4. The molecular weight excluding hydrogens is 231 g/mol. The Balaban J connectivity index is 1.85. The van der Waals surface area contributed by atoms with E-state index in [1.54, 1.807) is 16.9 Å². The summed E-state index contributed by atoms with van der Waals surface area (Å²) in [6, 6.07) is 8.22. The van der Waals surface area contributed by atoms with Crippen LogP contribution >= 0.6 is 0 Å². The lowest BCUT2D eigenvalue weighted by Gasteiger charge is -2.06.